The molecule has 1 heterocycles. The van der Waals surface area contributed by atoms with Gasteiger partial charge < -0.3 is 4.98 Å². The molecular weight excluding hydrogens is 373 g/mol. The molecule has 0 bridgehead atoms. The number of aryl methyl sites for hydroxylation is 1. The number of fused-ring (bicyclic) bond motifs is 1. The number of benzene rings is 2. The number of imidazole rings is 1. The van der Waals surface area contributed by atoms with Crippen molar-refractivity contribution in [3.63, 3.8) is 0 Å². The molecule has 102 valence electrons. The van der Waals surface area contributed by atoms with E-state index in [1.165, 1.54) is 0 Å². The predicted octanol–water partition coefficient (Wildman–Crippen LogP) is 4.54. The van der Waals surface area contributed by atoms with Crippen molar-refractivity contribution in [1.29, 1.82) is 5.26 Å². The fourth-order valence-electron chi connectivity index (χ4n) is 2.17. The van der Waals surface area contributed by atoms with Crippen LogP contribution in [0.3, 0.4) is 0 Å². The van der Waals surface area contributed by atoms with E-state index in [-0.39, 0.29) is 0 Å². The second kappa shape index (κ2) is 5.70. The van der Waals surface area contributed by atoms with Gasteiger partial charge in [-0.2, -0.15) is 5.26 Å². The molecule has 2 aromatic carbocycles. The van der Waals surface area contributed by atoms with Crippen molar-refractivity contribution >= 4 is 45.3 Å². The quantitative estimate of drug-likeness (QED) is 0.520. The molecule has 0 spiro atoms. The topological polar surface area (TPSA) is 52.5 Å². The molecule has 0 fully saturated rings. The van der Waals surface area contributed by atoms with Gasteiger partial charge in [-0.1, -0.05) is 18.2 Å². The predicted molar refractivity (Wildman–Crippen MR) is 93.5 cm³/mol. The third-order valence-electron chi connectivity index (χ3n) is 3.17. The minimum Gasteiger partial charge on any atom is -0.337 e. The minimum atomic E-state index is 0.533. The molecule has 0 amide bonds. The number of hydrogen-bond acceptors (Lipinski definition) is 2. The number of nitrogens with zero attached hydrogens (tertiary/aromatic N) is 2. The molecule has 1 aromatic heterocycles. The molecule has 0 aliphatic carbocycles. The summed E-state index contributed by atoms with van der Waals surface area (Å²) in [6, 6.07) is 16.2. The van der Waals surface area contributed by atoms with Gasteiger partial charge in [-0.05, 0) is 71.0 Å². The molecule has 0 aliphatic heterocycles. The highest BCUT2D eigenvalue weighted by atomic mass is 127. The number of nitrogens with one attached hydrogen (secondary N) is 1. The molecule has 0 radical (unpaired) electrons. The first kappa shape index (κ1) is 13.8. The lowest BCUT2D eigenvalue weighted by molar-refractivity contribution is 1.27. The highest BCUT2D eigenvalue weighted by Gasteiger charge is 2.08. The number of aromatic nitrogens is 2. The maximum absolute atomic E-state index is 9.41. The Labute approximate surface area is 136 Å². The summed E-state index contributed by atoms with van der Waals surface area (Å²) in [7, 11) is 0. The molecule has 0 atom stereocenters. The number of H-pyrrole nitrogens is 1. The molecule has 3 nitrogen and oxygen atoms in total. The van der Waals surface area contributed by atoms with Crippen LogP contribution < -0.4 is 0 Å². The van der Waals surface area contributed by atoms with Gasteiger partial charge in [-0.15, -0.1) is 0 Å². The summed E-state index contributed by atoms with van der Waals surface area (Å²) in [4.78, 5) is 7.71. The first-order valence-electron chi connectivity index (χ1n) is 6.50. The van der Waals surface area contributed by atoms with Gasteiger partial charge in [0.05, 0.1) is 16.6 Å². The van der Waals surface area contributed by atoms with E-state index in [9.17, 15) is 5.26 Å². The second-order valence-corrected chi connectivity index (χ2v) is 6.08. The van der Waals surface area contributed by atoms with E-state index in [2.05, 4.69) is 38.6 Å². The van der Waals surface area contributed by atoms with Gasteiger partial charge in [0.2, 0.25) is 0 Å². The van der Waals surface area contributed by atoms with Crippen molar-refractivity contribution < 1.29 is 0 Å². The number of allylic oxidation sites excluding steroid dienone is 1. The fourth-order valence-corrected chi connectivity index (χ4v) is 2.73. The summed E-state index contributed by atoms with van der Waals surface area (Å²) in [6.07, 6.45) is 1.85. The fraction of sp³-hybridized carbons (Fsp3) is 0.0588. The van der Waals surface area contributed by atoms with Gasteiger partial charge in [-0.25, -0.2) is 4.98 Å². The van der Waals surface area contributed by atoms with E-state index in [1.807, 2.05) is 55.5 Å². The summed E-state index contributed by atoms with van der Waals surface area (Å²) in [5.41, 5.74) is 4.52. The lowest BCUT2D eigenvalue weighted by Crippen LogP contribution is -1.85. The Kier molecular flexibility index (Phi) is 3.76. The average Bonchev–Trinajstić information content (AvgIpc) is 2.87. The Hall–Kier alpha value is -2.13. The van der Waals surface area contributed by atoms with Crippen molar-refractivity contribution in [3.05, 3.63) is 63.0 Å². The van der Waals surface area contributed by atoms with Crippen LogP contribution in [0, 0.1) is 21.8 Å². The lowest BCUT2D eigenvalue weighted by Gasteiger charge is -1.96. The maximum atomic E-state index is 9.41. The number of halogens is 1. The number of rotatable bonds is 2. The van der Waals surface area contributed by atoms with Gasteiger partial charge >= 0.3 is 0 Å². The van der Waals surface area contributed by atoms with E-state index in [1.54, 1.807) is 0 Å². The normalized spacial score (nSPS) is 11.6. The van der Waals surface area contributed by atoms with Crippen LogP contribution >= 0.6 is 22.6 Å². The Morgan fingerprint density at radius 3 is 2.90 bits per heavy atom. The molecule has 0 aliphatic rings. The van der Waals surface area contributed by atoms with Crippen molar-refractivity contribution in [2.24, 2.45) is 0 Å². The molecule has 21 heavy (non-hydrogen) atoms. The number of aromatic amines is 1. The Morgan fingerprint density at radius 2 is 2.14 bits per heavy atom. The molecule has 1 N–H and O–H groups in total. The largest absolute Gasteiger partial charge is 0.337 e. The van der Waals surface area contributed by atoms with E-state index in [0.717, 1.165) is 25.7 Å². The first-order valence-corrected chi connectivity index (χ1v) is 7.58. The van der Waals surface area contributed by atoms with Gasteiger partial charge in [-0.3, -0.25) is 0 Å². The Morgan fingerprint density at radius 1 is 1.29 bits per heavy atom. The summed E-state index contributed by atoms with van der Waals surface area (Å²) >= 11 is 2.26. The van der Waals surface area contributed by atoms with Crippen molar-refractivity contribution in [1.82, 2.24) is 9.97 Å². The smallest absolute Gasteiger partial charge is 0.149 e. The van der Waals surface area contributed by atoms with E-state index < -0.39 is 0 Å². The molecule has 3 aromatic rings. The van der Waals surface area contributed by atoms with Crippen LogP contribution in [0.15, 0.2) is 42.5 Å². The zero-order valence-electron chi connectivity index (χ0n) is 11.4. The van der Waals surface area contributed by atoms with Crippen molar-refractivity contribution in [2.75, 3.05) is 0 Å². The van der Waals surface area contributed by atoms with Crippen LogP contribution in [0.1, 0.15) is 17.0 Å². The summed E-state index contributed by atoms with van der Waals surface area (Å²) in [6.45, 7) is 2.03. The van der Waals surface area contributed by atoms with Crippen LogP contribution in [0.2, 0.25) is 0 Å². The summed E-state index contributed by atoms with van der Waals surface area (Å²) < 4.78 is 1.14. The Bertz CT molecular complexity index is 884. The van der Waals surface area contributed by atoms with E-state index >= 15 is 0 Å². The van der Waals surface area contributed by atoms with Gasteiger partial charge in [0, 0.05) is 3.57 Å². The monoisotopic (exact) mass is 385 g/mol. The molecule has 0 saturated carbocycles. The van der Waals surface area contributed by atoms with E-state index in [4.69, 9.17) is 0 Å². The van der Waals surface area contributed by atoms with Gasteiger partial charge in [0.1, 0.15) is 11.9 Å². The lowest BCUT2D eigenvalue weighted by atomic mass is 10.1. The molecule has 0 unspecified atom stereocenters. The maximum Gasteiger partial charge on any atom is 0.149 e. The third kappa shape index (κ3) is 2.98. The minimum absolute atomic E-state index is 0.533. The van der Waals surface area contributed by atoms with E-state index in [0.29, 0.717) is 11.4 Å². The standard InChI is InChI=1S/C17H12IN3/c1-11-5-6-15-16(7-11)21-17(20-15)13(10-19)8-12-3-2-4-14(18)9-12/h2-9H,1H3,(H,20,21)/b13-8+. The summed E-state index contributed by atoms with van der Waals surface area (Å²) in [5, 5.41) is 9.41. The number of nitriles is 1. The van der Waals surface area contributed by atoms with Crippen LogP contribution in [-0.2, 0) is 0 Å². The highest BCUT2D eigenvalue weighted by Crippen LogP contribution is 2.20. The van der Waals surface area contributed by atoms with Crippen LogP contribution in [-0.4, -0.2) is 9.97 Å². The molecule has 3 rings (SSSR count). The first-order chi connectivity index (χ1) is 10.2. The van der Waals surface area contributed by atoms with Gasteiger partial charge in [0.15, 0.2) is 0 Å². The third-order valence-corrected chi connectivity index (χ3v) is 3.84. The van der Waals surface area contributed by atoms with Crippen molar-refractivity contribution in [3.8, 4) is 6.07 Å². The van der Waals surface area contributed by atoms with Crippen LogP contribution in [0.25, 0.3) is 22.7 Å². The van der Waals surface area contributed by atoms with Crippen LogP contribution in [0.5, 0.6) is 0 Å². The number of hydrogen-bond donors (Lipinski definition) is 1. The second-order valence-electron chi connectivity index (χ2n) is 4.83. The molecular formula is C17H12IN3. The summed E-state index contributed by atoms with van der Waals surface area (Å²) in [5.74, 6) is 0.608. The van der Waals surface area contributed by atoms with Crippen molar-refractivity contribution in [2.45, 2.75) is 6.92 Å². The Balaban J connectivity index is 2.08. The molecule has 4 heteroatoms. The van der Waals surface area contributed by atoms with Crippen LogP contribution in [0.4, 0.5) is 0 Å². The zero-order valence-corrected chi connectivity index (χ0v) is 13.5. The highest BCUT2D eigenvalue weighted by molar-refractivity contribution is 14.1. The van der Waals surface area contributed by atoms with Gasteiger partial charge in [0.25, 0.3) is 0 Å². The average molecular weight is 385 g/mol. The zero-order chi connectivity index (χ0) is 14.8. The SMILES string of the molecule is Cc1ccc2nc(/C(C#N)=C/c3cccc(I)c3)[nH]c2c1. The molecule has 0 saturated heterocycles.